The molecule has 0 bridgehead atoms. The zero-order valence-corrected chi connectivity index (χ0v) is 12.0. The van der Waals surface area contributed by atoms with Gasteiger partial charge < -0.3 is 55.1 Å². The van der Waals surface area contributed by atoms with Crippen LogP contribution in [0.15, 0.2) is 0 Å². The highest BCUT2D eigenvalue weighted by atomic mass is 16.8. The highest BCUT2D eigenvalue weighted by molar-refractivity contribution is 4.98. The standard InChI is InChI=1S/C12H22O11/c13-1-4-6(16)8(18)9(19)11(21-4)23-12(3-15)10(20)7(17)5(2-14)22-12/h4-11,13-20H,1-3H2/t4-,5?,6-,7-,8+,9-,10+,11-,12+/m1/s1. The van der Waals surface area contributed by atoms with Gasteiger partial charge in [0.05, 0.1) is 13.2 Å². The lowest BCUT2D eigenvalue weighted by molar-refractivity contribution is -0.383. The van der Waals surface area contributed by atoms with Crippen molar-refractivity contribution in [2.75, 3.05) is 19.8 Å². The molecule has 0 aromatic rings. The van der Waals surface area contributed by atoms with Gasteiger partial charge in [0.25, 0.3) is 0 Å². The molecular formula is C12H22O11. The number of aliphatic hydroxyl groups is 8. The molecule has 0 amide bonds. The fraction of sp³-hybridized carbons (Fsp3) is 1.00. The molecule has 11 nitrogen and oxygen atoms in total. The van der Waals surface area contributed by atoms with Gasteiger partial charge in [-0.25, -0.2) is 0 Å². The van der Waals surface area contributed by atoms with Crippen molar-refractivity contribution in [1.29, 1.82) is 0 Å². The number of ether oxygens (including phenoxy) is 3. The van der Waals surface area contributed by atoms with Gasteiger partial charge in [0.15, 0.2) is 6.29 Å². The van der Waals surface area contributed by atoms with Crippen molar-refractivity contribution in [2.24, 2.45) is 0 Å². The summed E-state index contributed by atoms with van der Waals surface area (Å²) in [5, 5.41) is 76.7. The topological polar surface area (TPSA) is 190 Å². The maximum Gasteiger partial charge on any atom is 0.224 e. The van der Waals surface area contributed by atoms with Crippen LogP contribution in [0.5, 0.6) is 0 Å². The number of aliphatic hydroxyl groups excluding tert-OH is 8. The summed E-state index contributed by atoms with van der Waals surface area (Å²) in [6.45, 7) is -2.32. The van der Waals surface area contributed by atoms with Crippen molar-refractivity contribution in [3.05, 3.63) is 0 Å². The predicted octanol–water partition coefficient (Wildman–Crippen LogP) is -5.40. The summed E-state index contributed by atoms with van der Waals surface area (Å²) < 4.78 is 15.4. The first-order valence-electron chi connectivity index (χ1n) is 7.05. The third-order valence-corrected chi connectivity index (χ3v) is 4.07. The van der Waals surface area contributed by atoms with E-state index in [-0.39, 0.29) is 0 Å². The highest BCUT2D eigenvalue weighted by Gasteiger charge is 2.58. The minimum atomic E-state index is -2.22. The number of hydrogen-bond acceptors (Lipinski definition) is 11. The molecule has 0 aliphatic carbocycles. The molecule has 2 aliphatic rings. The Bertz CT molecular complexity index is 393. The fourth-order valence-electron chi connectivity index (χ4n) is 2.63. The van der Waals surface area contributed by atoms with E-state index < -0.39 is 74.6 Å². The van der Waals surface area contributed by atoms with Gasteiger partial charge in [-0.3, -0.25) is 0 Å². The van der Waals surface area contributed by atoms with E-state index in [1.807, 2.05) is 0 Å². The summed E-state index contributed by atoms with van der Waals surface area (Å²) in [7, 11) is 0. The largest absolute Gasteiger partial charge is 0.394 e. The van der Waals surface area contributed by atoms with E-state index in [9.17, 15) is 30.6 Å². The molecular weight excluding hydrogens is 320 g/mol. The van der Waals surface area contributed by atoms with Crippen LogP contribution in [0.3, 0.4) is 0 Å². The van der Waals surface area contributed by atoms with Gasteiger partial charge in [-0.1, -0.05) is 0 Å². The number of hydrogen-bond donors (Lipinski definition) is 8. The zero-order valence-electron chi connectivity index (χ0n) is 12.0. The molecule has 2 fully saturated rings. The first-order valence-corrected chi connectivity index (χ1v) is 7.05. The minimum absolute atomic E-state index is 0.669. The van der Waals surface area contributed by atoms with Crippen LogP contribution in [-0.2, 0) is 14.2 Å². The smallest absolute Gasteiger partial charge is 0.224 e. The molecule has 1 unspecified atom stereocenters. The summed E-state index contributed by atoms with van der Waals surface area (Å²) in [5.74, 6) is -2.22. The lowest BCUT2D eigenvalue weighted by Gasteiger charge is -2.43. The van der Waals surface area contributed by atoms with Crippen LogP contribution in [0.2, 0.25) is 0 Å². The van der Waals surface area contributed by atoms with E-state index in [1.165, 1.54) is 0 Å². The molecule has 2 aliphatic heterocycles. The van der Waals surface area contributed by atoms with Crippen molar-refractivity contribution < 1.29 is 55.1 Å². The van der Waals surface area contributed by atoms with Gasteiger partial charge in [-0.05, 0) is 0 Å². The van der Waals surface area contributed by atoms with Gasteiger partial charge in [0, 0.05) is 0 Å². The zero-order chi connectivity index (χ0) is 17.4. The minimum Gasteiger partial charge on any atom is -0.394 e. The second-order valence-electron chi connectivity index (χ2n) is 5.56. The van der Waals surface area contributed by atoms with Gasteiger partial charge in [0.1, 0.15) is 49.3 Å². The predicted molar refractivity (Wildman–Crippen MR) is 68.6 cm³/mol. The molecule has 8 N–H and O–H groups in total. The Kier molecular flexibility index (Phi) is 5.92. The molecule has 0 saturated carbocycles. The summed E-state index contributed by atoms with van der Waals surface area (Å²) in [6.07, 6.45) is -12.7. The van der Waals surface area contributed by atoms with Crippen molar-refractivity contribution in [2.45, 2.75) is 54.8 Å². The summed E-state index contributed by atoms with van der Waals surface area (Å²) in [6, 6.07) is 0. The van der Waals surface area contributed by atoms with Gasteiger partial charge in [0.2, 0.25) is 5.79 Å². The quantitative estimate of drug-likeness (QED) is 0.238. The second-order valence-corrected chi connectivity index (χ2v) is 5.56. The molecule has 0 radical (unpaired) electrons. The average Bonchev–Trinajstić information content (AvgIpc) is 2.80. The van der Waals surface area contributed by atoms with Crippen LogP contribution in [0, 0.1) is 0 Å². The van der Waals surface area contributed by atoms with Crippen molar-refractivity contribution in [3.8, 4) is 0 Å². The van der Waals surface area contributed by atoms with Crippen molar-refractivity contribution in [1.82, 2.24) is 0 Å². The van der Waals surface area contributed by atoms with E-state index in [0.717, 1.165) is 0 Å². The Morgan fingerprint density at radius 2 is 1.39 bits per heavy atom. The highest BCUT2D eigenvalue weighted by Crippen LogP contribution is 2.35. The third-order valence-electron chi connectivity index (χ3n) is 4.07. The molecule has 9 atom stereocenters. The van der Waals surface area contributed by atoms with E-state index in [4.69, 9.17) is 24.4 Å². The maximum absolute atomic E-state index is 10.00. The summed E-state index contributed by atoms with van der Waals surface area (Å²) in [4.78, 5) is 0. The van der Waals surface area contributed by atoms with Gasteiger partial charge >= 0.3 is 0 Å². The Morgan fingerprint density at radius 3 is 1.87 bits per heavy atom. The summed E-state index contributed by atoms with van der Waals surface area (Å²) >= 11 is 0. The fourth-order valence-corrected chi connectivity index (χ4v) is 2.63. The average molecular weight is 342 g/mol. The first-order chi connectivity index (χ1) is 10.8. The Hall–Kier alpha value is -0.440. The lowest BCUT2D eigenvalue weighted by Crippen LogP contribution is -2.62. The van der Waals surface area contributed by atoms with Crippen LogP contribution < -0.4 is 0 Å². The molecule has 11 heteroatoms. The van der Waals surface area contributed by atoms with E-state index >= 15 is 0 Å². The van der Waals surface area contributed by atoms with Crippen LogP contribution in [-0.4, -0.2) is 115 Å². The van der Waals surface area contributed by atoms with Crippen LogP contribution in [0.4, 0.5) is 0 Å². The maximum atomic E-state index is 10.00. The van der Waals surface area contributed by atoms with Crippen molar-refractivity contribution >= 4 is 0 Å². The molecule has 0 aromatic heterocycles. The molecule has 2 rings (SSSR count). The van der Waals surface area contributed by atoms with Gasteiger partial charge in [-0.2, -0.15) is 0 Å². The molecule has 0 aromatic carbocycles. The Labute approximate surface area is 130 Å². The van der Waals surface area contributed by atoms with E-state index in [2.05, 4.69) is 0 Å². The van der Waals surface area contributed by atoms with E-state index in [1.54, 1.807) is 0 Å². The monoisotopic (exact) mass is 342 g/mol. The van der Waals surface area contributed by atoms with E-state index in [0.29, 0.717) is 0 Å². The number of rotatable bonds is 5. The normalized spacial score (nSPS) is 51.1. The lowest BCUT2D eigenvalue weighted by atomic mass is 9.99. The molecule has 136 valence electrons. The van der Waals surface area contributed by atoms with Gasteiger partial charge in [-0.15, -0.1) is 0 Å². The third kappa shape index (κ3) is 3.23. The van der Waals surface area contributed by atoms with Crippen LogP contribution >= 0.6 is 0 Å². The van der Waals surface area contributed by atoms with Crippen LogP contribution in [0.1, 0.15) is 0 Å². The SMILES string of the molecule is OCC1O[C@@](CO)(O[C@H]2O[C@H](CO)[C@@H](O)[C@H](O)[C@H]2O)[C@@H](O)[C@@H]1O. The van der Waals surface area contributed by atoms with Crippen molar-refractivity contribution in [3.63, 3.8) is 0 Å². The first kappa shape index (κ1) is 18.9. The Balaban J connectivity index is 2.18. The second kappa shape index (κ2) is 7.21. The molecule has 2 saturated heterocycles. The molecule has 23 heavy (non-hydrogen) atoms. The molecule has 2 heterocycles. The van der Waals surface area contributed by atoms with Crippen LogP contribution in [0.25, 0.3) is 0 Å². The Morgan fingerprint density at radius 1 is 0.783 bits per heavy atom. The molecule has 0 spiro atoms. The summed E-state index contributed by atoms with van der Waals surface area (Å²) in [5.41, 5.74) is 0.